The number of hydrogen-bond acceptors (Lipinski definition) is 3. The summed E-state index contributed by atoms with van der Waals surface area (Å²) in [7, 11) is 0. The van der Waals surface area contributed by atoms with Gasteiger partial charge in [-0.15, -0.1) is 0 Å². The quantitative estimate of drug-likeness (QED) is 0.648. The Labute approximate surface area is 135 Å². The Bertz CT molecular complexity index is 512. The van der Waals surface area contributed by atoms with E-state index in [-0.39, 0.29) is 24.6 Å². The number of nitrogens with one attached hydrogen (secondary N) is 1. The lowest BCUT2D eigenvalue weighted by molar-refractivity contribution is -0.139. The van der Waals surface area contributed by atoms with Gasteiger partial charge in [-0.3, -0.25) is 9.59 Å². The lowest BCUT2D eigenvalue weighted by Gasteiger charge is -2.31. The van der Waals surface area contributed by atoms with Crippen molar-refractivity contribution in [1.82, 2.24) is 5.32 Å². The molecule has 0 aliphatic heterocycles. The van der Waals surface area contributed by atoms with E-state index in [4.69, 9.17) is 9.84 Å². The number of halogens is 1. The predicted octanol–water partition coefficient (Wildman–Crippen LogP) is 3.13. The summed E-state index contributed by atoms with van der Waals surface area (Å²) in [5, 5.41) is 11.8. The topological polar surface area (TPSA) is 75.6 Å². The molecular formula is C17H24FNO4. The van der Waals surface area contributed by atoms with Crippen molar-refractivity contribution in [2.24, 2.45) is 0 Å². The van der Waals surface area contributed by atoms with Crippen LogP contribution in [-0.4, -0.2) is 29.1 Å². The first-order valence-electron chi connectivity index (χ1n) is 7.82. The number of rotatable bonds is 10. The van der Waals surface area contributed by atoms with Crippen molar-refractivity contribution in [3.8, 4) is 5.75 Å². The van der Waals surface area contributed by atoms with E-state index < -0.39 is 11.5 Å². The summed E-state index contributed by atoms with van der Waals surface area (Å²) in [6.07, 6.45) is 1.79. The molecule has 1 aromatic carbocycles. The second-order valence-electron chi connectivity index (χ2n) is 5.51. The minimum Gasteiger partial charge on any atom is -0.494 e. The molecule has 0 unspecified atom stereocenters. The van der Waals surface area contributed by atoms with Gasteiger partial charge in [0, 0.05) is 12.0 Å². The minimum atomic E-state index is -0.923. The second-order valence-corrected chi connectivity index (χ2v) is 5.51. The van der Waals surface area contributed by atoms with E-state index in [2.05, 4.69) is 5.32 Å². The van der Waals surface area contributed by atoms with Crippen LogP contribution in [0.2, 0.25) is 0 Å². The van der Waals surface area contributed by atoms with Crippen LogP contribution in [0.25, 0.3) is 0 Å². The third kappa shape index (κ3) is 6.67. The van der Waals surface area contributed by atoms with E-state index in [1.807, 2.05) is 13.8 Å². The molecule has 6 heteroatoms. The molecule has 0 radical (unpaired) electrons. The Morgan fingerprint density at radius 2 is 1.83 bits per heavy atom. The molecule has 0 saturated heterocycles. The Hall–Kier alpha value is -2.11. The highest BCUT2D eigenvalue weighted by atomic mass is 19.1. The van der Waals surface area contributed by atoms with Crippen LogP contribution >= 0.6 is 0 Å². The average molecular weight is 325 g/mol. The van der Waals surface area contributed by atoms with Gasteiger partial charge in [-0.05, 0) is 43.5 Å². The van der Waals surface area contributed by atoms with E-state index in [9.17, 15) is 14.0 Å². The molecule has 0 aromatic heterocycles. The molecule has 1 amide bonds. The summed E-state index contributed by atoms with van der Waals surface area (Å²) in [6, 6.07) is 5.68. The molecule has 0 fully saturated rings. The normalized spacial score (nSPS) is 11.1. The van der Waals surface area contributed by atoms with E-state index in [1.54, 1.807) is 0 Å². The predicted molar refractivity (Wildman–Crippen MR) is 84.8 cm³/mol. The maximum Gasteiger partial charge on any atom is 0.305 e. The zero-order valence-corrected chi connectivity index (χ0v) is 13.6. The van der Waals surface area contributed by atoms with Crippen LogP contribution in [0, 0.1) is 5.82 Å². The van der Waals surface area contributed by atoms with Gasteiger partial charge in [0.05, 0.1) is 13.0 Å². The first-order valence-corrected chi connectivity index (χ1v) is 7.82. The molecule has 0 aliphatic carbocycles. The minimum absolute atomic E-state index is 0.0855. The number of carbonyl (C=O) groups excluding carboxylic acids is 1. The van der Waals surface area contributed by atoms with Crippen LogP contribution in [-0.2, 0) is 9.59 Å². The van der Waals surface area contributed by atoms with E-state index in [1.165, 1.54) is 24.3 Å². The van der Waals surface area contributed by atoms with Gasteiger partial charge in [0.15, 0.2) is 0 Å². The number of carbonyl (C=O) groups is 2. The van der Waals surface area contributed by atoms with Gasteiger partial charge in [-0.2, -0.15) is 0 Å². The SMILES string of the molecule is CCC(CC)(CC(=O)O)NC(=O)CCCOc1ccc(F)cc1. The van der Waals surface area contributed by atoms with Crippen molar-refractivity contribution in [1.29, 1.82) is 0 Å². The summed E-state index contributed by atoms with van der Waals surface area (Å²) < 4.78 is 18.2. The summed E-state index contributed by atoms with van der Waals surface area (Å²) in [5.74, 6) is -0.883. The summed E-state index contributed by atoms with van der Waals surface area (Å²) in [5.41, 5.74) is -0.694. The molecule has 0 aliphatic rings. The van der Waals surface area contributed by atoms with Gasteiger partial charge in [0.25, 0.3) is 0 Å². The molecule has 0 bridgehead atoms. The fraction of sp³-hybridized carbons (Fsp3) is 0.529. The molecular weight excluding hydrogens is 301 g/mol. The molecule has 0 saturated carbocycles. The van der Waals surface area contributed by atoms with Crippen molar-refractivity contribution in [2.45, 2.75) is 51.5 Å². The average Bonchev–Trinajstić information content (AvgIpc) is 2.52. The van der Waals surface area contributed by atoms with Crippen LogP contribution in [0.5, 0.6) is 5.75 Å². The fourth-order valence-electron chi connectivity index (χ4n) is 2.32. The van der Waals surface area contributed by atoms with Crippen LogP contribution < -0.4 is 10.1 Å². The van der Waals surface area contributed by atoms with Crippen LogP contribution in [0.15, 0.2) is 24.3 Å². The highest BCUT2D eigenvalue weighted by Gasteiger charge is 2.30. The number of aliphatic carboxylic acids is 1. The smallest absolute Gasteiger partial charge is 0.305 e. The fourth-order valence-corrected chi connectivity index (χ4v) is 2.32. The molecule has 2 N–H and O–H groups in total. The number of carboxylic acid groups (broad SMARTS) is 1. The van der Waals surface area contributed by atoms with E-state index in [0.717, 1.165) is 0 Å². The molecule has 0 heterocycles. The summed E-state index contributed by atoms with van der Waals surface area (Å²) in [6.45, 7) is 4.07. The van der Waals surface area contributed by atoms with Crippen LogP contribution in [0.3, 0.4) is 0 Å². The van der Waals surface area contributed by atoms with Crippen molar-refractivity contribution in [3.63, 3.8) is 0 Å². The zero-order chi connectivity index (χ0) is 17.3. The molecule has 23 heavy (non-hydrogen) atoms. The second kappa shape index (κ2) is 9.12. The van der Waals surface area contributed by atoms with Crippen LogP contribution in [0.1, 0.15) is 46.0 Å². The molecule has 0 atom stereocenters. The van der Waals surface area contributed by atoms with E-state index in [0.29, 0.717) is 31.6 Å². The number of ether oxygens (including phenoxy) is 1. The Balaban J connectivity index is 2.37. The van der Waals surface area contributed by atoms with Gasteiger partial charge in [0.2, 0.25) is 5.91 Å². The van der Waals surface area contributed by atoms with Gasteiger partial charge in [0.1, 0.15) is 11.6 Å². The highest BCUT2D eigenvalue weighted by Crippen LogP contribution is 2.20. The Morgan fingerprint density at radius 1 is 1.22 bits per heavy atom. The third-order valence-corrected chi connectivity index (χ3v) is 3.88. The monoisotopic (exact) mass is 325 g/mol. The standard InChI is InChI=1S/C17H24FNO4/c1-3-17(4-2,12-16(21)22)19-15(20)6-5-11-23-14-9-7-13(18)8-10-14/h7-10H,3-6,11-12H2,1-2H3,(H,19,20)(H,21,22). The molecule has 1 rings (SSSR count). The Morgan fingerprint density at radius 3 is 2.35 bits per heavy atom. The summed E-state index contributed by atoms with van der Waals surface area (Å²) in [4.78, 5) is 23.0. The van der Waals surface area contributed by atoms with E-state index >= 15 is 0 Å². The van der Waals surface area contributed by atoms with Gasteiger partial charge >= 0.3 is 5.97 Å². The highest BCUT2D eigenvalue weighted by molar-refractivity contribution is 5.78. The van der Waals surface area contributed by atoms with Crippen molar-refractivity contribution >= 4 is 11.9 Å². The van der Waals surface area contributed by atoms with Gasteiger partial charge < -0.3 is 15.2 Å². The molecule has 0 spiro atoms. The van der Waals surface area contributed by atoms with Crippen molar-refractivity contribution < 1.29 is 23.8 Å². The zero-order valence-electron chi connectivity index (χ0n) is 13.6. The number of benzene rings is 1. The molecule has 5 nitrogen and oxygen atoms in total. The Kier molecular flexibility index (Phi) is 7.51. The molecule has 128 valence electrons. The third-order valence-electron chi connectivity index (χ3n) is 3.88. The van der Waals surface area contributed by atoms with Crippen molar-refractivity contribution in [2.75, 3.05) is 6.61 Å². The number of carboxylic acids is 1. The number of amides is 1. The lowest BCUT2D eigenvalue weighted by Crippen LogP contribution is -2.49. The van der Waals surface area contributed by atoms with Crippen LogP contribution in [0.4, 0.5) is 4.39 Å². The number of hydrogen-bond donors (Lipinski definition) is 2. The summed E-state index contributed by atoms with van der Waals surface area (Å²) >= 11 is 0. The first kappa shape index (κ1) is 18.9. The van der Waals surface area contributed by atoms with Gasteiger partial charge in [-0.1, -0.05) is 13.8 Å². The van der Waals surface area contributed by atoms with Gasteiger partial charge in [-0.25, -0.2) is 4.39 Å². The lowest BCUT2D eigenvalue weighted by atomic mass is 9.88. The molecule has 1 aromatic rings. The first-order chi connectivity index (χ1) is 10.9. The maximum atomic E-state index is 12.7. The largest absolute Gasteiger partial charge is 0.494 e. The van der Waals surface area contributed by atoms with Crippen molar-refractivity contribution in [3.05, 3.63) is 30.1 Å². The maximum absolute atomic E-state index is 12.7.